The van der Waals surface area contributed by atoms with Crippen LogP contribution in [0.4, 0.5) is 13.2 Å². The number of halogens is 5. The molecule has 0 spiro atoms. The summed E-state index contributed by atoms with van der Waals surface area (Å²) in [7, 11) is 0. The molecule has 94 valence electrons. The van der Waals surface area contributed by atoms with E-state index in [9.17, 15) is 18.0 Å². The fraction of sp³-hybridized carbons (Fsp3) is 0.444. The Morgan fingerprint density at radius 2 is 2.00 bits per heavy atom. The van der Waals surface area contributed by atoms with Crippen LogP contribution in [-0.4, -0.2) is 28.5 Å². The highest BCUT2D eigenvalue weighted by Gasteiger charge is 2.43. The third-order valence-corrected chi connectivity index (χ3v) is 4.59. The SMILES string of the molecule is O=C(N1CCc2[nH]c(Br)c(Br)c2C1)C(F)(F)F. The number of carbonyl (C=O) groups excluding carboxylic acids is 1. The van der Waals surface area contributed by atoms with E-state index in [2.05, 4.69) is 36.8 Å². The number of rotatable bonds is 0. The maximum Gasteiger partial charge on any atom is 0.471 e. The molecule has 0 saturated carbocycles. The molecule has 3 nitrogen and oxygen atoms in total. The Kier molecular flexibility index (Phi) is 3.28. The first-order valence-electron chi connectivity index (χ1n) is 4.71. The lowest BCUT2D eigenvalue weighted by molar-refractivity contribution is -0.186. The van der Waals surface area contributed by atoms with E-state index in [1.54, 1.807) is 0 Å². The maximum absolute atomic E-state index is 12.3. The molecule has 1 N–H and O–H groups in total. The number of amides is 1. The van der Waals surface area contributed by atoms with Gasteiger partial charge in [0.2, 0.25) is 0 Å². The fourth-order valence-electron chi connectivity index (χ4n) is 1.78. The van der Waals surface area contributed by atoms with Crippen molar-refractivity contribution in [2.75, 3.05) is 6.54 Å². The molecular weight excluding hydrogens is 369 g/mol. The third kappa shape index (κ3) is 2.37. The summed E-state index contributed by atoms with van der Waals surface area (Å²) in [5.74, 6) is -1.78. The van der Waals surface area contributed by atoms with Gasteiger partial charge >= 0.3 is 12.1 Å². The normalized spacial score (nSPS) is 15.9. The second-order valence-corrected chi connectivity index (χ2v) is 5.27. The lowest BCUT2D eigenvalue weighted by Crippen LogP contribution is -2.43. The van der Waals surface area contributed by atoms with Crippen molar-refractivity contribution in [1.82, 2.24) is 9.88 Å². The highest BCUT2D eigenvalue weighted by atomic mass is 79.9. The van der Waals surface area contributed by atoms with Gasteiger partial charge in [-0.1, -0.05) is 0 Å². The highest BCUT2D eigenvalue weighted by molar-refractivity contribution is 9.13. The van der Waals surface area contributed by atoms with Crippen molar-refractivity contribution in [3.05, 3.63) is 20.3 Å². The molecule has 0 unspecified atom stereocenters. The van der Waals surface area contributed by atoms with Gasteiger partial charge in [0.15, 0.2) is 0 Å². The Morgan fingerprint density at radius 3 is 2.59 bits per heavy atom. The van der Waals surface area contributed by atoms with Gasteiger partial charge in [-0.2, -0.15) is 13.2 Å². The summed E-state index contributed by atoms with van der Waals surface area (Å²) in [5.41, 5.74) is 1.55. The first-order chi connectivity index (χ1) is 7.80. The van der Waals surface area contributed by atoms with Gasteiger partial charge in [0.05, 0.1) is 9.08 Å². The van der Waals surface area contributed by atoms with Gasteiger partial charge in [0.25, 0.3) is 0 Å². The zero-order chi connectivity index (χ0) is 12.8. The first-order valence-corrected chi connectivity index (χ1v) is 6.30. The Morgan fingerprint density at radius 1 is 1.35 bits per heavy atom. The maximum atomic E-state index is 12.3. The van der Waals surface area contributed by atoms with Gasteiger partial charge in [0, 0.05) is 30.8 Å². The number of fused-ring (bicyclic) bond motifs is 1. The number of aromatic amines is 1. The summed E-state index contributed by atoms with van der Waals surface area (Å²) < 4.78 is 38.2. The molecule has 0 aromatic carbocycles. The van der Waals surface area contributed by atoms with Crippen LogP contribution in [0, 0.1) is 0 Å². The summed E-state index contributed by atoms with van der Waals surface area (Å²) in [6.07, 6.45) is -4.42. The van der Waals surface area contributed by atoms with Crippen molar-refractivity contribution in [3.8, 4) is 0 Å². The van der Waals surface area contributed by atoms with E-state index in [4.69, 9.17) is 0 Å². The third-order valence-electron chi connectivity index (χ3n) is 2.59. The molecule has 2 heterocycles. The van der Waals surface area contributed by atoms with E-state index in [0.717, 1.165) is 10.6 Å². The van der Waals surface area contributed by atoms with Crippen molar-refractivity contribution in [2.45, 2.75) is 19.1 Å². The number of H-pyrrole nitrogens is 1. The van der Waals surface area contributed by atoms with Crippen LogP contribution in [0.15, 0.2) is 9.08 Å². The lowest BCUT2D eigenvalue weighted by Gasteiger charge is -2.27. The Labute approximate surface area is 112 Å². The molecule has 1 aromatic heterocycles. The molecule has 0 bridgehead atoms. The zero-order valence-corrected chi connectivity index (χ0v) is 11.5. The summed E-state index contributed by atoms with van der Waals surface area (Å²) in [5, 5.41) is 0. The minimum Gasteiger partial charge on any atom is -0.352 e. The van der Waals surface area contributed by atoms with Crippen LogP contribution in [0.3, 0.4) is 0 Å². The average Bonchev–Trinajstić information content (AvgIpc) is 2.52. The number of nitrogens with zero attached hydrogens (tertiary/aromatic N) is 1. The topological polar surface area (TPSA) is 36.1 Å². The quantitative estimate of drug-likeness (QED) is 0.743. The summed E-state index contributed by atoms with van der Waals surface area (Å²) in [6.45, 7) is 0.0428. The first kappa shape index (κ1) is 12.9. The number of hydrogen-bond donors (Lipinski definition) is 1. The van der Waals surface area contributed by atoms with Crippen molar-refractivity contribution in [3.63, 3.8) is 0 Å². The van der Waals surface area contributed by atoms with Crippen LogP contribution in [-0.2, 0) is 17.8 Å². The van der Waals surface area contributed by atoms with Gasteiger partial charge in [-0.3, -0.25) is 4.79 Å². The predicted molar refractivity (Wildman–Crippen MR) is 61.4 cm³/mol. The van der Waals surface area contributed by atoms with Crippen LogP contribution < -0.4 is 0 Å². The predicted octanol–water partition coefficient (Wildman–Crippen LogP) is 2.99. The van der Waals surface area contributed by atoms with Crippen molar-refractivity contribution < 1.29 is 18.0 Å². The van der Waals surface area contributed by atoms with Crippen molar-refractivity contribution in [1.29, 1.82) is 0 Å². The van der Waals surface area contributed by atoms with Gasteiger partial charge in [0.1, 0.15) is 0 Å². The van der Waals surface area contributed by atoms with Crippen LogP contribution in [0.1, 0.15) is 11.3 Å². The van der Waals surface area contributed by atoms with Crippen LogP contribution in [0.5, 0.6) is 0 Å². The Bertz CT molecular complexity index is 470. The Balaban J connectivity index is 2.24. The molecule has 1 amide bonds. The summed E-state index contributed by atoms with van der Waals surface area (Å²) in [6, 6.07) is 0. The number of nitrogens with one attached hydrogen (secondary N) is 1. The molecule has 0 atom stereocenters. The summed E-state index contributed by atoms with van der Waals surface area (Å²) >= 11 is 6.51. The number of hydrogen-bond acceptors (Lipinski definition) is 1. The lowest BCUT2D eigenvalue weighted by atomic mass is 10.1. The molecule has 17 heavy (non-hydrogen) atoms. The molecule has 0 aliphatic carbocycles. The molecule has 1 aliphatic rings. The van der Waals surface area contributed by atoms with Crippen LogP contribution in [0.2, 0.25) is 0 Å². The molecule has 0 radical (unpaired) electrons. The van der Waals surface area contributed by atoms with E-state index in [1.807, 2.05) is 0 Å². The Hall–Kier alpha value is -0.500. The fourth-order valence-corrected chi connectivity index (χ4v) is 2.72. The molecule has 0 fully saturated rings. The molecule has 0 saturated heterocycles. The minimum atomic E-state index is -4.81. The largest absolute Gasteiger partial charge is 0.471 e. The van der Waals surface area contributed by atoms with Crippen LogP contribution in [0.25, 0.3) is 0 Å². The average molecular weight is 376 g/mol. The molecule has 2 rings (SSSR count). The standard InChI is InChI=1S/C9H7Br2F3N2O/c10-6-4-3-16(8(17)9(12,13)14)2-1-5(4)15-7(6)11/h15H,1-3H2. The number of aromatic nitrogens is 1. The smallest absolute Gasteiger partial charge is 0.352 e. The van der Waals surface area contributed by atoms with E-state index in [-0.39, 0.29) is 13.1 Å². The second-order valence-electron chi connectivity index (χ2n) is 3.68. The zero-order valence-electron chi connectivity index (χ0n) is 8.37. The number of alkyl halides is 3. The molecule has 1 aliphatic heterocycles. The van der Waals surface area contributed by atoms with E-state index < -0.39 is 12.1 Å². The van der Waals surface area contributed by atoms with Gasteiger partial charge in [-0.15, -0.1) is 0 Å². The van der Waals surface area contributed by atoms with E-state index in [0.29, 0.717) is 21.1 Å². The minimum absolute atomic E-state index is 0.0314. The second kappa shape index (κ2) is 4.31. The molecular formula is C9H7Br2F3N2O. The van der Waals surface area contributed by atoms with E-state index in [1.165, 1.54) is 0 Å². The van der Waals surface area contributed by atoms with Crippen molar-refractivity contribution >= 4 is 37.8 Å². The van der Waals surface area contributed by atoms with Gasteiger partial charge < -0.3 is 9.88 Å². The van der Waals surface area contributed by atoms with Gasteiger partial charge in [-0.25, -0.2) is 0 Å². The van der Waals surface area contributed by atoms with Crippen LogP contribution >= 0.6 is 31.9 Å². The van der Waals surface area contributed by atoms with Gasteiger partial charge in [-0.05, 0) is 31.9 Å². The van der Waals surface area contributed by atoms with E-state index >= 15 is 0 Å². The molecule has 8 heteroatoms. The summed E-state index contributed by atoms with van der Waals surface area (Å²) in [4.78, 5) is 14.9. The monoisotopic (exact) mass is 374 g/mol. The van der Waals surface area contributed by atoms with Crippen molar-refractivity contribution in [2.24, 2.45) is 0 Å². The molecule has 1 aromatic rings. The highest BCUT2D eigenvalue weighted by Crippen LogP contribution is 2.34. The number of carbonyl (C=O) groups is 1.